The highest BCUT2D eigenvalue weighted by molar-refractivity contribution is 7.91. The second-order valence-corrected chi connectivity index (χ2v) is 7.17. The molecule has 1 heterocycles. The van der Waals surface area contributed by atoms with E-state index >= 15 is 0 Å². The van der Waals surface area contributed by atoms with Crippen molar-refractivity contribution in [3.8, 4) is 0 Å². The summed E-state index contributed by atoms with van der Waals surface area (Å²) < 4.78 is 26.8. The number of thiophene rings is 1. The third-order valence-corrected chi connectivity index (χ3v) is 5.27. The molecule has 0 aliphatic carbocycles. The molecule has 0 fully saturated rings. The molecular weight excluding hydrogens is 258 g/mol. The van der Waals surface area contributed by atoms with Crippen molar-refractivity contribution in [3.05, 3.63) is 11.4 Å². The number of nitrogens with one attached hydrogen (secondary N) is 1. The first-order valence-corrected chi connectivity index (χ1v) is 7.68. The molecule has 1 unspecified atom stereocenters. The van der Waals surface area contributed by atoms with Gasteiger partial charge < -0.3 is 10.6 Å². The standard InChI is InChI=1S/C10H19N3O2S2/c1-8(4-5-13(2)3)12-17(14,15)10-6-9(11)7-16-10/h6-8,12H,4-5,11H2,1-3H3. The molecule has 0 bridgehead atoms. The summed E-state index contributed by atoms with van der Waals surface area (Å²) in [4.78, 5) is 2.02. The van der Waals surface area contributed by atoms with Crippen LogP contribution in [0, 0.1) is 0 Å². The van der Waals surface area contributed by atoms with Crippen molar-refractivity contribution in [2.45, 2.75) is 23.6 Å². The fourth-order valence-corrected chi connectivity index (χ4v) is 3.68. The van der Waals surface area contributed by atoms with E-state index < -0.39 is 10.0 Å². The first-order chi connectivity index (χ1) is 7.81. The van der Waals surface area contributed by atoms with Crippen LogP contribution in [0.25, 0.3) is 0 Å². The first-order valence-electron chi connectivity index (χ1n) is 5.32. The van der Waals surface area contributed by atoms with Gasteiger partial charge in [0.25, 0.3) is 0 Å². The van der Waals surface area contributed by atoms with Crippen molar-refractivity contribution in [1.82, 2.24) is 9.62 Å². The van der Waals surface area contributed by atoms with E-state index in [0.717, 1.165) is 24.3 Å². The van der Waals surface area contributed by atoms with Gasteiger partial charge in [-0.2, -0.15) is 0 Å². The van der Waals surface area contributed by atoms with Crippen molar-refractivity contribution in [2.24, 2.45) is 0 Å². The summed E-state index contributed by atoms with van der Waals surface area (Å²) >= 11 is 1.14. The molecule has 5 nitrogen and oxygen atoms in total. The van der Waals surface area contributed by atoms with Crippen LogP contribution in [0.3, 0.4) is 0 Å². The van der Waals surface area contributed by atoms with Crippen LogP contribution in [0.15, 0.2) is 15.7 Å². The Bertz CT molecular complexity index is 454. The van der Waals surface area contributed by atoms with Gasteiger partial charge in [-0.15, -0.1) is 11.3 Å². The van der Waals surface area contributed by atoms with Gasteiger partial charge >= 0.3 is 0 Å². The minimum absolute atomic E-state index is 0.0919. The van der Waals surface area contributed by atoms with Crippen LogP contribution in [0.5, 0.6) is 0 Å². The van der Waals surface area contributed by atoms with Crippen LogP contribution in [0.1, 0.15) is 13.3 Å². The number of nitrogens with two attached hydrogens (primary N) is 1. The molecule has 98 valence electrons. The number of nitrogen functional groups attached to an aromatic ring is 1. The maximum atomic E-state index is 11.9. The minimum atomic E-state index is -3.42. The Balaban J connectivity index is 2.61. The summed E-state index contributed by atoms with van der Waals surface area (Å²) in [6, 6.07) is 1.39. The SMILES string of the molecule is CC(CCN(C)C)NS(=O)(=O)c1cc(N)cs1. The number of hydrogen-bond acceptors (Lipinski definition) is 5. The summed E-state index contributed by atoms with van der Waals surface area (Å²) in [5, 5.41) is 1.62. The third kappa shape index (κ3) is 4.63. The van der Waals surface area contributed by atoms with E-state index in [-0.39, 0.29) is 10.3 Å². The van der Waals surface area contributed by atoms with Crippen molar-refractivity contribution in [3.63, 3.8) is 0 Å². The molecule has 1 atom stereocenters. The molecule has 7 heteroatoms. The van der Waals surface area contributed by atoms with Crippen LogP contribution in [-0.4, -0.2) is 40.0 Å². The number of hydrogen-bond donors (Lipinski definition) is 2. The van der Waals surface area contributed by atoms with E-state index in [0.29, 0.717) is 5.69 Å². The second-order valence-electron chi connectivity index (χ2n) is 4.31. The topological polar surface area (TPSA) is 75.4 Å². The molecule has 0 saturated carbocycles. The summed E-state index contributed by atoms with van der Waals surface area (Å²) in [5.74, 6) is 0. The van der Waals surface area contributed by atoms with Crippen LogP contribution in [-0.2, 0) is 10.0 Å². The number of nitrogens with zero attached hydrogens (tertiary/aromatic N) is 1. The fraction of sp³-hybridized carbons (Fsp3) is 0.600. The van der Waals surface area contributed by atoms with Gasteiger partial charge in [0.15, 0.2) is 0 Å². The molecule has 0 spiro atoms. The Morgan fingerprint density at radius 1 is 1.53 bits per heavy atom. The Morgan fingerprint density at radius 2 is 2.18 bits per heavy atom. The lowest BCUT2D eigenvalue weighted by Gasteiger charge is -2.16. The van der Waals surface area contributed by atoms with Crippen molar-refractivity contribution >= 4 is 27.0 Å². The highest BCUT2D eigenvalue weighted by Gasteiger charge is 2.19. The van der Waals surface area contributed by atoms with Crippen molar-refractivity contribution in [2.75, 3.05) is 26.4 Å². The van der Waals surface area contributed by atoms with Gasteiger partial charge in [0, 0.05) is 17.1 Å². The smallest absolute Gasteiger partial charge is 0.250 e. The molecular formula is C10H19N3O2S2. The van der Waals surface area contributed by atoms with Crippen LogP contribution >= 0.6 is 11.3 Å². The minimum Gasteiger partial charge on any atom is -0.398 e. The highest BCUT2D eigenvalue weighted by Crippen LogP contribution is 2.21. The summed E-state index contributed by atoms with van der Waals surface area (Å²) in [7, 11) is 0.502. The molecule has 1 aromatic rings. The molecule has 0 radical (unpaired) electrons. The number of rotatable bonds is 6. The van der Waals surface area contributed by atoms with E-state index in [1.807, 2.05) is 25.9 Å². The van der Waals surface area contributed by atoms with Crippen molar-refractivity contribution < 1.29 is 8.42 Å². The highest BCUT2D eigenvalue weighted by atomic mass is 32.2. The Hall–Kier alpha value is -0.630. The summed E-state index contributed by atoms with van der Waals surface area (Å²) in [6.45, 7) is 2.70. The Labute approximate surface area is 107 Å². The van der Waals surface area contributed by atoms with E-state index in [1.54, 1.807) is 5.38 Å². The lowest BCUT2D eigenvalue weighted by molar-refractivity contribution is 0.379. The average molecular weight is 277 g/mol. The zero-order chi connectivity index (χ0) is 13.1. The number of anilines is 1. The summed E-state index contributed by atoms with van der Waals surface area (Å²) in [6.07, 6.45) is 0.771. The van der Waals surface area contributed by atoms with Gasteiger partial charge in [0.05, 0.1) is 0 Å². The Morgan fingerprint density at radius 3 is 2.65 bits per heavy atom. The van der Waals surface area contributed by atoms with Crippen LogP contribution in [0.4, 0.5) is 5.69 Å². The molecule has 1 aromatic heterocycles. The molecule has 0 saturated heterocycles. The maximum absolute atomic E-state index is 11.9. The molecule has 0 aliphatic rings. The molecule has 0 aromatic carbocycles. The van der Waals surface area contributed by atoms with Crippen molar-refractivity contribution in [1.29, 1.82) is 0 Å². The third-order valence-electron chi connectivity index (χ3n) is 2.23. The normalized spacial score (nSPS) is 14.1. The lowest BCUT2D eigenvalue weighted by Crippen LogP contribution is -2.34. The Kier molecular flexibility index (Phi) is 4.93. The van der Waals surface area contributed by atoms with Gasteiger partial charge in [-0.25, -0.2) is 13.1 Å². The monoisotopic (exact) mass is 277 g/mol. The van der Waals surface area contributed by atoms with Gasteiger partial charge in [-0.05, 0) is 40.1 Å². The van der Waals surface area contributed by atoms with E-state index in [1.165, 1.54) is 6.07 Å². The zero-order valence-electron chi connectivity index (χ0n) is 10.3. The quantitative estimate of drug-likeness (QED) is 0.812. The molecule has 3 N–H and O–H groups in total. The second kappa shape index (κ2) is 5.81. The van der Waals surface area contributed by atoms with E-state index in [4.69, 9.17) is 5.73 Å². The summed E-state index contributed by atoms with van der Waals surface area (Å²) in [5.41, 5.74) is 6.00. The molecule has 0 amide bonds. The molecule has 0 aliphatic heterocycles. The fourth-order valence-electron chi connectivity index (χ4n) is 1.30. The first kappa shape index (κ1) is 14.4. The maximum Gasteiger partial charge on any atom is 0.250 e. The van der Waals surface area contributed by atoms with Crippen LogP contribution in [0.2, 0.25) is 0 Å². The van der Waals surface area contributed by atoms with Gasteiger partial charge in [-0.1, -0.05) is 0 Å². The zero-order valence-corrected chi connectivity index (χ0v) is 11.9. The van der Waals surface area contributed by atoms with Gasteiger partial charge in [-0.3, -0.25) is 0 Å². The predicted molar refractivity (Wildman–Crippen MR) is 71.7 cm³/mol. The average Bonchev–Trinajstić information content (AvgIpc) is 2.62. The number of sulfonamides is 1. The molecule has 17 heavy (non-hydrogen) atoms. The van der Waals surface area contributed by atoms with Gasteiger partial charge in [0.2, 0.25) is 10.0 Å². The largest absolute Gasteiger partial charge is 0.398 e. The lowest BCUT2D eigenvalue weighted by atomic mass is 10.2. The van der Waals surface area contributed by atoms with E-state index in [9.17, 15) is 8.42 Å². The van der Waals surface area contributed by atoms with E-state index in [2.05, 4.69) is 4.72 Å². The van der Waals surface area contributed by atoms with Gasteiger partial charge in [0.1, 0.15) is 4.21 Å². The molecule has 1 rings (SSSR count). The predicted octanol–water partition coefficient (Wildman–Crippen LogP) is 0.949. The van der Waals surface area contributed by atoms with Crippen LogP contribution < -0.4 is 10.5 Å².